The fourth-order valence-electron chi connectivity index (χ4n) is 0.870. The first-order chi connectivity index (χ1) is 7.61. The van der Waals surface area contributed by atoms with Gasteiger partial charge in [0.15, 0.2) is 0 Å². The summed E-state index contributed by atoms with van der Waals surface area (Å²) in [6.07, 6.45) is 0. The Kier molecular flexibility index (Phi) is 7.46. The number of aromatic hydroxyl groups is 2. The van der Waals surface area contributed by atoms with Gasteiger partial charge in [0.25, 0.3) is 0 Å². The molecule has 0 amide bonds. The van der Waals surface area contributed by atoms with Gasteiger partial charge < -0.3 is 21.7 Å². The second-order valence-corrected chi connectivity index (χ2v) is 2.97. The van der Waals surface area contributed by atoms with Gasteiger partial charge in [-0.3, -0.25) is 0 Å². The number of nitrogen functional groups attached to an aromatic ring is 2. The molecule has 0 unspecified atom stereocenters. The van der Waals surface area contributed by atoms with Crippen LogP contribution in [0.2, 0.25) is 0 Å². The maximum absolute atomic E-state index is 8.77. The Morgan fingerprint density at radius 1 is 0.824 bits per heavy atom. The molecule has 0 aromatic heterocycles. The number of benzene rings is 2. The fourth-order valence-corrected chi connectivity index (χ4v) is 0.870. The van der Waals surface area contributed by atoms with Crippen LogP contribution >= 0.6 is 0 Å². The van der Waals surface area contributed by atoms with E-state index in [1.165, 1.54) is 24.3 Å². The van der Waals surface area contributed by atoms with E-state index in [2.05, 4.69) is 12.1 Å². The number of hydrogen-bond acceptors (Lipinski definition) is 4. The van der Waals surface area contributed by atoms with Gasteiger partial charge in [-0.1, -0.05) is 0 Å². The molecular weight excluding hydrogens is 343 g/mol. The van der Waals surface area contributed by atoms with Crippen LogP contribution < -0.4 is 11.5 Å². The number of nitrogens with two attached hydrogens (primary N) is 2. The summed E-state index contributed by atoms with van der Waals surface area (Å²) in [4.78, 5) is 0. The van der Waals surface area contributed by atoms with Crippen molar-refractivity contribution < 1.29 is 45.8 Å². The van der Waals surface area contributed by atoms with E-state index in [4.69, 9.17) is 21.7 Å². The Hall–Kier alpha value is -1.17. The smallest absolute Gasteiger partial charge is 0.0303 e. The third-order valence-corrected chi connectivity index (χ3v) is 1.74. The van der Waals surface area contributed by atoms with Crippen molar-refractivity contribution in [3.8, 4) is 11.5 Å². The van der Waals surface area contributed by atoms with E-state index in [-0.39, 0.29) is 47.1 Å². The maximum atomic E-state index is 8.77. The van der Waals surface area contributed by atoms with E-state index in [9.17, 15) is 0 Å². The van der Waals surface area contributed by atoms with E-state index in [1.54, 1.807) is 12.1 Å². The molecule has 4 nitrogen and oxygen atoms in total. The Morgan fingerprint density at radius 3 is 1.35 bits per heavy atom. The SMILES string of the molecule is Nc1c[c-]ccc1O.Nc1c[c-]ccc1O.[La]. The van der Waals surface area contributed by atoms with Gasteiger partial charge in [0, 0.05) is 47.1 Å². The van der Waals surface area contributed by atoms with Crippen molar-refractivity contribution in [1.82, 2.24) is 0 Å². The fraction of sp³-hybridized carbons (Fsp3) is 0. The van der Waals surface area contributed by atoms with Crippen molar-refractivity contribution in [3.05, 3.63) is 48.5 Å². The van der Waals surface area contributed by atoms with Crippen LogP contribution in [0, 0.1) is 47.7 Å². The molecule has 2 aromatic rings. The quantitative estimate of drug-likeness (QED) is 0.328. The number of phenols is 2. The molecule has 0 aliphatic rings. The molecule has 0 bridgehead atoms. The van der Waals surface area contributed by atoms with Gasteiger partial charge in [0.2, 0.25) is 0 Å². The molecule has 2 rings (SSSR count). The van der Waals surface area contributed by atoms with Crippen molar-refractivity contribution >= 4 is 11.4 Å². The van der Waals surface area contributed by atoms with Gasteiger partial charge in [-0.2, -0.15) is 36.4 Å². The Balaban J connectivity index is 0.000000284. The van der Waals surface area contributed by atoms with Crippen LogP contribution in [0.1, 0.15) is 0 Å². The maximum Gasteiger partial charge on any atom is 0.0303 e. The van der Waals surface area contributed by atoms with E-state index < -0.39 is 0 Å². The van der Waals surface area contributed by atoms with Gasteiger partial charge in [0.1, 0.15) is 0 Å². The summed E-state index contributed by atoms with van der Waals surface area (Å²) in [5, 5.41) is 17.5. The van der Waals surface area contributed by atoms with Gasteiger partial charge in [0.05, 0.1) is 0 Å². The first-order valence-corrected chi connectivity index (χ1v) is 4.50. The summed E-state index contributed by atoms with van der Waals surface area (Å²) in [5.74, 6) is 0.229. The van der Waals surface area contributed by atoms with E-state index in [1.807, 2.05) is 0 Å². The van der Waals surface area contributed by atoms with Gasteiger partial charge in [-0.05, 0) is 11.4 Å². The van der Waals surface area contributed by atoms with Crippen LogP contribution in [-0.2, 0) is 0 Å². The Morgan fingerprint density at radius 2 is 1.18 bits per heavy atom. The largest absolute Gasteiger partial charge is 0.531 e. The molecule has 0 aliphatic heterocycles. The van der Waals surface area contributed by atoms with Gasteiger partial charge >= 0.3 is 0 Å². The van der Waals surface area contributed by atoms with Crippen LogP contribution in [0.25, 0.3) is 0 Å². The number of hydrogen-bond donors (Lipinski definition) is 4. The number of phenolic OH excluding ortho intramolecular Hbond substituents is 2. The molecule has 0 aliphatic carbocycles. The predicted octanol–water partition coefficient (Wildman–Crippen LogP) is 1.55. The second-order valence-electron chi connectivity index (χ2n) is 2.97. The third kappa shape index (κ3) is 5.63. The second kappa shape index (κ2) is 8.00. The van der Waals surface area contributed by atoms with Gasteiger partial charge in [-0.25, -0.2) is 0 Å². The average molecular weight is 355 g/mol. The summed E-state index contributed by atoms with van der Waals surface area (Å²) < 4.78 is 0. The van der Waals surface area contributed by atoms with E-state index in [0.29, 0.717) is 11.4 Å². The molecule has 87 valence electrons. The predicted molar refractivity (Wildman–Crippen MR) is 62.7 cm³/mol. The molecule has 0 atom stereocenters. The summed E-state index contributed by atoms with van der Waals surface area (Å²) >= 11 is 0. The minimum atomic E-state index is 0. The summed E-state index contributed by atoms with van der Waals surface area (Å²) in [5.41, 5.74) is 11.2. The number of rotatable bonds is 0. The van der Waals surface area contributed by atoms with Crippen LogP contribution in [0.4, 0.5) is 11.4 Å². The van der Waals surface area contributed by atoms with Crippen molar-refractivity contribution in [1.29, 1.82) is 0 Å². The van der Waals surface area contributed by atoms with Crippen molar-refractivity contribution in [2.75, 3.05) is 11.5 Å². The van der Waals surface area contributed by atoms with Crippen LogP contribution in [0.3, 0.4) is 0 Å². The molecule has 0 saturated carbocycles. The minimum Gasteiger partial charge on any atom is -0.531 e. The third-order valence-electron chi connectivity index (χ3n) is 1.74. The molecule has 17 heavy (non-hydrogen) atoms. The Labute approximate surface area is 128 Å². The standard InChI is InChI=1S/2C6H6NO.La/c2*7-5-3-1-2-4-6(5)8;/h2*2-4,8H,7H2;/q2*-1;. The zero-order chi connectivity index (χ0) is 12.0. The number of anilines is 2. The molecule has 0 heterocycles. The van der Waals surface area contributed by atoms with E-state index in [0.717, 1.165) is 0 Å². The topological polar surface area (TPSA) is 92.5 Å². The monoisotopic (exact) mass is 355 g/mol. The molecule has 0 fully saturated rings. The average Bonchev–Trinajstić information content (AvgIpc) is 2.28. The molecule has 1 radical (unpaired) electrons. The van der Waals surface area contributed by atoms with Crippen molar-refractivity contribution in [2.24, 2.45) is 0 Å². The van der Waals surface area contributed by atoms with Crippen molar-refractivity contribution in [3.63, 3.8) is 0 Å². The molecule has 6 N–H and O–H groups in total. The zero-order valence-electron chi connectivity index (χ0n) is 9.09. The molecule has 0 spiro atoms. The summed E-state index contributed by atoms with van der Waals surface area (Å²) in [6.45, 7) is 0. The molecule has 2 aromatic carbocycles. The molecule has 5 heteroatoms. The summed E-state index contributed by atoms with van der Waals surface area (Å²) in [7, 11) is 0. The van der Waals surface area contributed by atoms with Crippen molar-refractivity contribution in [2.45, 2.75) is 0 Å². The first kappa shape index (κ1) is 15.8. The van der Waals surface area contributed by atoms with E-state index >= 15 is 0 Å². The minimum absolute atomic E-state index is 0. The first-order valence-electron chi connectivity index (χ1n) is 4.50. The zero-order valence-corrected chi connectivity index (χ0v) is 12.7. The Bertz CT molecular complexity index is 378. The molecule has 0 saturated heterocycles. The van der Waals surface area contributed by atoms with Gasteiger partial charge in [-0.15, -0.1) is 12.1 Å². The summed E-state index contributed by atoms with van der Waals surface area (Å²) in [6, 6.07) is 14.7. The normalized spacial score (nSPS) is 8.47. The van der Waals surface area contributed by atoms with Crippen LogP contribution in [0.15, 0.2) is 36.4 Å². The van der Waals surface area contributed by atoms with Crippen LogP contribution in [0.5, 0.6) is 11.5 Å². The molecular formula is C12H12LaN2O2-2. The van der Waals surface area contributed by atoms with Crippen LogP contribution in [-0.4, -0.2) is 10.2 Å².